The maximum absolute atomic E-state index is 4.41. The summed E-state index contributed by atoms with van der Waals surface area (Å²) in [6, 6.07) is 4.25. The van der Waals surface area contributed by atoms with Crippen LogP contribution >= 0.6 is 27.3 Å². The Morgan fingerprint density at radius 3 is 2.83 bits per heavy atom. The first-order valence-electron chi connectivity index (χ1n) is 3.70. The van der Waals surface area contributed by atoms with Crippen LogP contribution in [0.3, 0.4) is 0 Å². The average Bonchev–Trinajstić information content (AvgIpc) is 2.30. The van der Waals surface area contributed by atoms with Gasteiger partial charge in [0.2, 0.25) is 0 Å². The first-order valence-corrected chi connectivity index (χ1v) is 5.31. The molecule has 0 spiro atoms. The highest BCUT2D eigenvalue weighted by Crippen LogP contribution is 2.27. The summed E-state index contributed by atoms with van der Waals surface area (Å²) in [6.07, 6.45) is 0. The summed E-state index contributed by atoms with van der Waals surface area (Å²) in [5.74, 6) is 0. The minimum Gasteiger partial charge on any atom is -0.242 e. The van der Waals surface area contributed by atoms with E-state index < -0.39 is 0 Å². The Bertz CT molecular complexity index is 394. The van der Waals surface area contributed by atoms with E-state index in [-0.39, 0.29) is 0 Å². The van der Waals surface area contributed by atoms with Crippen LogP contribution in [0.15, 0.2) is 16.6 Å². The van der Waals surface area contributed by atoms with Crippen LogP contribution in [0.4, 0.5) is 0 Å². The molecular weight excluding hydrogens is 234 g/mol. The lowest BCUT2D eigenvalue weighted by atomic mass is 10.2. The summed E-state index contributed by atoms with van der Waals surface area (Å²) < 4.78 is 2.42. The Morgan fingerprint density at radius 2 is 2.08 bits per heavy atom. The number of hydrogen-bond donors (Lipinski definition) is 0. The van der Waals surface area contributed by atoms with Gasteiger partial charge in [0.25, 0.3) is 0 Å². The third-order valence-electron chi connectivity index (χ3n) is 1.78. The summed E-state index contributed by atoms with van der Waals surface area (Å²) in [4.78, 5) is 4.41. The summed E-state index contributed by atoms with van der Waals surface area (Å²) >= 11 is 5.24. The number of halogens is 1. The van der Waals surface area contributed by atoms with Gasteiger partial charge in [-0.15, -0.1) is 11.3 Å². The van der Waals surface area contributed by atoms with Crippen LogP contribution in [-0.4, -0.2) is 4.98 Å². The minimum atomic E-state index is 1.11. The van der Waals surface area contributed by atoms with Gasteiger partial charge in [0.1, 0.15) is 0 Å². The number of fused-ring (bicyclic) bond motifs is 1. The van der Waals surface area contributed by atoms with E-state index in [2.05, 4.69) is 40.0 Å². The van der Waals surface area contributed by atoms with E-state index in [0.717, 1.165) is 10.5 Å². The molecule has 0 aliphatic rings. The first-order chi connectivity index (χ1) is 5.66. The van der Waals surface area contributed by atoms with Gasteiger partial charge in [0.15, 0.2) is 0 Å². The van der Waals surface area contributed by atoms with Crippen molar-refractivity contribution in [2.45, 2.75) is 13.8 Å². The number of hydrogen-bond acceptors (Lipinski definition) is 2. The van der Waals surface area contributed by atoms with Gasteiger partial charge in [-0.2, -0.15) is 0 Å². The predicted molar refractivity (Wildman–Crippen MR) is 56.8 cm³/mol. The van der Waals surface area contributed by atoms with E-state index in [0.29, 0.717) is 0 Å². The van der Waals surface area contributed by atoms with Crippen molar-refractivity contribution in [1.82, 2.24) is 4.98 Å². The quantitative estimate of drug-likeness (QED) is 0.686. The van der Waals surface area contributed by atoms with Gasteiger partial charge in [0.05, 0.1) is 15.2 Å². The maximum Gasteiger partial charge on any atom is 0.0907 e. The lowest BCUT2D eigenvalue weighted by Gasteiger charge is -1.95. The second-order valence-electron chi connectivity index (χ2n) is 2.80. The molecule has 1 aromatic heterocycles. The van der Waals surface area contributed by atoms with Crippen LogP contribution in [0.1, 0.15) is 10.6 Å². The zero-order valence-corrected chi connectivity index (χ0v) is 9.29. The summed E-state index contributed by atoms with van der Waals surface area (Å²) in [5.41, 5.74) is 2.35. The van der Waals surface area contributed by atoms with Gasteiger partial charge >= 0.3 is 0 Å². The highest BCUT2D eigenvalue weighted by molar-refractivity contribution is 9.10. The van der Waals surface area contributed by atoms with Crippen LogP contribution in [0, 0.1) is 13.8 Å². The van der Waals surface area contributed by atoms with Crippen LogP contribution in [0.2, 0.25) is 0 Å². The molecule has 62 valence electrons. The van der Waals surface area contributed by atoms with Crippen LogP contribution in [-0.2, 0) is 0 Å². The summed E-state index contributed by atoms with van der Waals surface area (Å²) in [7, 11) is 0. The molecule has 0 atom stereocenters. The van der Waals surface area contributed by atoms with E-state index in [1.165, 1.54) is 14.7 Å². The number of nitrogens with zero attached hydrogens (tertiary/aromatic N) is 1. The van der Waals surface area contributed by atoms with Crippen LogP contribution in [0.5, 0.6) is 0 Å². The molecule has 0 radical (unpaired) electrons. The van der Waals surface area contributed by atoms with Crippen molar-refractivity contribution in [2.75, 3.05) is 0 Å². The molecule has 2 rings (SSSR count). The topological polar surface area (TPSA) is 12.9 Å². The SMILES string of the molecule is Cc1nc2cc(C)c(Br)cc2s1. The minimum absolute atomic E-state index is 1.11. The highest BCUT2D eigenvalue weighted by atomic mass is 79.9. The van der Waals surface area contributed by atoms with Crippen molar-refractivity contribution in [3.8, 4) is 0 Å². The normalized spacial score (nSPS) is 10.9. The molecule has 0 bridgehead atoms. The smallest absolute Gasteiger partial charge is 0.0907 e. The monoisotopic (exact) mass is 241 g/mol. The van der Waals surface area contributed by atoms with Crippen LogP contribution in [0.25, 0.3) is 10.2 Å². The Morgan fingerprint density at radius 1 is 1.33 bits per heavy atom. The zero-order chi connectivity index (χ0) is 8.72. The molecule has 0 fully saturated rings. The summed E-state index contributed by atoms with van der Waals surface area (Å²) in [6.45, 7) is 4.12. The van der Waals surface area contributed by atoms with E-state index in [4.69, 9.17) is 0 Å². The average molecular weight is 242 g/mol. The molecule has 0 aliphatic heterocycles. The number of rotatable bonds is 0. The fourth-order valence-electron chi connectivity index (χ4n) is 1.17. The third-order valence-corrected chi connectivity index (χ3v) is 3.56. The van der Waals surface area contributed by atoms with Crippen molar-refractivity contribution in [1.29, 1.82) is 0 Å². The molecule has 1 aromatic carbocycles. The number of thiazole rings is 1. The molecule has 0 saturated carbocycles. The van der Waals surface area contributed by atoms with Crippen molar-refractivity contribution >= 4 is 37.5 Å². The molecule has 0 aliphatic carbocycles. The molecule has 12 heavy (non-hydrogen) atoms. The number of aryl methyl sites for hydroxylation is 2. The van der Waals surface area contributed by atoms with Gasteiger partial charge in [-0.25, -0.2) is 4.98 Å². The second-order valence-corrected chi connectivity index (χ2v) is 4.89. The molecule has 0 amide bonds. The highest BCUT2D eigenvalue weighted by Gasteiger charge is 2.02. The fourth-order valence-corrected chi connectivity index (χ4v) is 2.51. The maximum atomic E-state index is 4.41. The molecule has 0 N–H and O–H groups in total. The predicted octanol–water partition coefficient (Wildman–Crippen LogP) is 3.68. The Labute approximate surface area is 83.6 Å². The second kappa shape index (κ2) is 2.82. The van der Waals surface area contributed by atoms with Gasteiger partial charge in [-0.05, 0) is 31.5 Å². The van der Waals surface area contributed by atoms with Crippen molar-refractivity contribution in [2.24, 2.45) is 0 Å². The van der Waals surface area contributed by atoms with Gasteiger partial charge in [-0.1, -0.05) is 15.9 Å². The molecule has 1 nitrogen and oxygen atoms in total. The summed E-state index contributed by atoms with van der Waals surface area (Å²) in [5, 5.41) is 1.13. The largest absolute Gasteiger partial charge is 0.242 e. The molecule has 1 heterocycles. The van der Waals surface area contributed by atoms with Crippen molar-refractivity contribution in [3.63, 3.8) is 0 Å². The third kappa shape index (κ3) is 1.27. The molecule has 0 unspecified atom stereocenters. The lowest BCUT2D eigenvalue weighted by molar-refractivity contribution is 1.33. The fraction of sp³-hybridized carbons (Fsp3) is 0.222. The molecular formula is C9H8BrNS. The van der Waals surface area contributed by atoms with E-state index in [1.54, 1.807) is 11.3 Å². The van der Waals surface area contributed by atoms with E-state index in [1.807, 2.05) is 6.92 Å². The Balaban J connectivity index is 2.83. The van der Waals surface area contributed by atoms with Crippen molar-refractivity contribution in [3.05, 3.63) is 27.2 Å². The Hall–Kier alpha value is -0.410. The first kappa shape index (κ1) is 8.20. The standard InChI is InChI=1S/C9H8BrNS/c1-5-3-8-9(4-7(5)10)12-6(2)11-8/h3-4H,1-2H3. The van der Waals surface area contributed by atoms with E-state index in [9.17, 15) is 0 Å². The molecule has 3 heteroatoms. The van der Waals surface area contributed by atoms with Crippen LogP contribution < -0.4 is 0 Å². The number of aromatic nitrogens is 1. The van der Waals surface area contributed by atoms with Crippen molar-refractivity contribution < 1.29 is 0 Å². The lowest BCUT2D eigenvalue weighted by Crippen LogP contribution is -1.75. The van der Waals surface area contributed by atoms with Gasteiger partial charge in [-0.3, -0.25) is 0 Å². The zero-order valence-electron chi connectivity index (χ0n) is 6.89. The molecule has 0 saturated heterocycles. The van der Waals surface area contributed by atoms with Gasteiger partial charge in [0, 0.05) is 4.47 Å². The number of benzene rings is 1. The van der Waals surface area contributed by atoms with E-state index >= 15 is 0 Å². The molecule has 2 aromatic rings. The van der Waals surface area contributed by atoms with Gasteiger partial charge < -0.3 is 0 Å². The Kier molecular flexibility index (Phi) is 1.93.